The van der Waals surface area contributed by atoms with Gasteiger partial charge in [0, 0.05) is 18.9 Å². The van der Waals surface area contributed by atoms with E-state index in [-0.39, 0.29) is 42.9 Å². The number of carbonyl (C=O) groups is 4. The molecule has 1 aliphatic rings. The van der Waals surface area contributed by atoms with Crippen LogP contribution in [0.5, 0.6) is 11.5 Å². The number of benzene rings is 1. The van der Waals surface area contributed by atoms with Crippen LogP contribution in [-0.4, -0.2) is 41.6 Å². The van der Waals surface area contributed by atoms with Gasteiger partial charge in [-0.1, -0.05) is 6.92 Å². The molecule has 0 spiro atoms. The van der Waals surface area contributed by atoms with Crippen molar-refractivity contribution in [1.29, 1.82) is 0 Å². The Morgan fingerprint density at radius 1 is 1.04 bits per heavy atom. The molecule has 1 aromatic rings. The van der Waals surface area contributed by atoms with E-state index in [9.17, 15) is 24.3 Å². The topological polar surface area (TPSA) is 107 Å². The van der Waals surface area contributed by atoms with E-state index in [0.717, 1.165) is 0 Å². The molecule has 7 heteroatoms. The van der Waals surface area contributed by atoms with Crippen molar-refractivity contribution in [3.8, 4) is 11.5 Å². The zero-order valence-electron chi connectivity index (χ0n) is 15.7. The Labute approximate surface area is 157 Å². The number of hydrogen-bond donors (Lipinski definition) is 1. The highest BCUT2D eigenvalue weighted by Gasteiger charge is 2.27. The van der Waals surface area contributed by atoms with Gasteiger partial charge >= 0.3 is 5.97 Å². The van der Waals surface area contributed by atoms with E-state index in [0.29, 0.717) is 17.7 Å². The minimum Gasteiger partial charge on any atom is -0.507 e. The number of aryl methyl sites for hydroxylation is 1. The predicted molar refractivity (Wildman–Crippen MR) is 95.9 cm³/mol. The summed E-state index contributed by atoms with van der Waals surface area (Å²) in [6.07, 6.45) is 0.0975. The third-order valence-electron chi connectivity index (χ3n) is 4.89. The van der Waals surface area contributed by atoms with E-state index >= 15 is 0 Å². The molecule has 1 aromatic carbocycles. The Hall–Kier alpha value is -2.70. The Bertz CT molecular complexity index is 766. The van der Waals surface area contributed by atoms with Gasteiger partial charge in [-0.05, 0) is 43.7 Å². The van der Waals surface area contributed by atoms with Gasteiger partial charge in [0.05, 0.1) is 7.11 Å². The van der Waals surface area contributed by atoms with E-state index < -0.39 is 29.4 Å². The second-order valence-electron chi connectivity index (χ2n) is 6.84. The Balaban J connectivity index is 2.39. The van der Waals surface area contributed by atoms with E-state index in [1.807, 2.05) is 0 Å². The van der Waals surface area contributed by atoms with Gasteiger partial charge in [-0.3, -0.25) is 14.4 Å². The number of phenols is 1. The lowest BCUT2D eigenvalue weighted by Gasteiger charge is -2.22. The minimum atomic E-state index is -0.974. The molecule has 0 aromatic heterocycles. The highest BCUT2D eigenvalue weighted by Crippen LogP contribution is 2.31. The normalized spacial score (nSPS) is 22.6. The zero-order valence-corrected chi connectivity index (χ0v) is 15.7. The zero-order chi connectivity index (χ0) is 20.1. The summed E-state index contributed by atoms with van der Waals surface area (Å²) in [4.78, 5) is 48.4. The number of rotatable bonds is 1. The van der Waals surface area contributed by atoms with Gasteiger partial charge in [-0.15, -0.1) is 0 Å². The third-order valence-corrected chi connectivity index (χ3v) is 4.89. The van der Waals surface area contributed by atoms with Crippen LogP contribution in [0.2, 0.25) is 0 Å². The van der Waals surface area contributed by atoms with Crippen molar-refractivity contribution in [1.82, 2.24) is 0 Å². The molecule has 0 saturated carbocycles. The number of Topliss-reactive ketones (excluding diaryl/α,β-unsaturated/α-hetero) is 3. The molecule has 0 saturated heterocycles. The molecule has 1 aliphatic heterocycles. The van der Waals surface area contributed by atoms with E-state index in [1.165, 1.54) is 13.2 Å². The van der Waals surface area contributed by atoms with Crippen molar-refractivity contribution >= 4 is 23.3 Å². The number of methoxy groups -OCH3 is 1. The lowest BCUT2D eigenvalue weighted by atomic mass is 9.94. The van der Waals surface area contributed by atoms with E-state index in [2.05, 4.69) is 0 Å². The predicted octanol–water partition coefficient (Wildman–Crippen LogP) is 2.41. The molecule has 27 heavy (non-hydrogen) atoms. The first kappa shape index (κ1) is 20.6. The number of ketones is 3. The summed E-state index contributed by atoms with van der Waals surface area (Å²) >= 11 is 0. The number of aromatic hydroxyl groups is 1. The van der Waals surface area contributed by atoms with Crippen LogP contribution in [0.25, 0.3) is 0 Å². The SMILES string of the molecule is COc1cc(O)c2c(c1)CCCC(=O)C(=O)C(=O)CCC(C)C(C)OC2=O. The fourth-order valence-corrected chi connectivity index (χ4v) is 2.97. The van der Waals surface area contributed by atoms with Gasteiger partial charge in [-0.2, -0.15) is 0 Å². The van der Waals surface area contributed by atoms with Crippen LogP contribution >= 0.6 is 0 Å². The smallest absolute Gasteiger partial charge is 0.342 e. The van der Waals surface area contributed by atoms with Gasteiger partial charge in [0.1, 0.15) is 23.2 Å². The van der Waals surface area contributed by atoms with Gasteiger partial charge in [0.15, 0.2) is 0 Å². The Morgan fingerprint density at radius 2 is 1.70 bits per heavy atom. The number of carbonyl (C=O) groups excluding carboxylic acids is 4. The molecule has 0 fully saturated rings. The number of esters is 1. The lowest BCUT2D eigenvalue weighted by molar-refractivity contribution is -0.144. The van der Waals surface area contributed by atoms with E-state index in [4.69, 9.17) is 9.47 Å². The van der Waals surface area contributed by atoms with Gasteiger partial charge < -0.3 is 14.6 Å². The minimum absolute atomic E-state index is 0.0294. The highest BCUT2D eigenvalue weighted by atomic mass is 16.5. The summed E-state index contributed by atoms with van der Waals surface area (Å²) in [6, 6.07) is 2.92. The summed E-state index contributed by atoms with van der Waals surface area (Å²) in [6.45, 7) is 3.48. The maximum Gasteiger partial charge on any atom is 0.342 e. The molecule has 1 N–H and O–H groups in total. The quantitative estimate of drug-likeness (QED) is 0.592. The Morgan fingerprint density at radius 3 is 2.37 bits per heavy atom. The highest BCUT2D eigenvalue weighted by molar-refractivity contribution is 6.63. The van der Waals surface area contributed by atoms with Gasteiger partial charge in [0.2, 0.25) is 11.6 Å². The van der Waals surface area contributed by atoms with Crippen molar-refractivity contribution in [2.75, 3.05) is 7.11 Å². The van der Waals surface area contributed by atoms with Gasteiger partial charge in [-0.25, -0.2) is 4.79 Å². The molecular formula is C20H24O7. The van der Waals surface area contributed by atoms with Crippen LogP contribution in [0.15, 0.2) is 12.1 Å². The number of phenolic OH excluding ortho intramolecular Hbond substituents is 1. The molecule has 7 nitrogen and oxygen atoms in total. The van der Waals surface area contributed by atoms with Crippen molar-refractivity contribution in [3.05, 3.63) is 23.3 Å². The first-order valence-electron chi connectivity index (χ1n) is 8.95. The molecule has 0 aliphatic carbocycles. The van der Waals surface area contributed by atoms with Crippen LogP contribution in [0.4, 0.5) is 0 Å². The number of fused-ring (bicyclic) bond motifs is 1. The fraction of sp³-hybridized carbons (Fsp3) is 0.500. The summed E-state index contributed by atoms with van der Waals surface area (Å²) < 4.78 is 10.6. The Kier molecular flexibility index (Phi) is 6.71. The molecular weight excluding hydrogens is 352 g/mol. The monoisotopic (exact) mass is 376 g/mol. The van der Waals surface area contributed by atoms with E-state index in [1.54, 1.807) is 19.9 Å². The summed E-state index contributed by atoms with van der Waals surface area (Å²) in [5, 5.41) is 10.3. The molecule has 146 valence electrons. The van der Waals surface area contributed by atoms with Crippen molar-refractivity contribution < 1.29 is 33.8 Å². The first-order chi connectivity index (χ1) is 12.7. The number of ether oxygens (including phenoxy) is 2. The third kappa shape index (κ3) is 4.93. The summed E-state index contributed by atoms with van der Waals surface area (Å²) in [5.74, 6) is -3.19. The maximum atomic E-state index is 12.6. The number of cyclic esters (lactones) is 1. The average Bonchev–Trinajstić information content (AvgIpc) is 2.63. The van der Waals surface area contributed by atoms with Crippen molar-refractivity contribution in [3.63, 3.8) is 0 Å². The van der Waals surface area contributed by atoms with Crippen molar-refractivity contribution in [2.24, 2.45) is 5.92 Å². The summed E-state index contributed by atoms with van der Waals surface area (Å²) in [5.41, 5.74) is 0.488. The van der Waals surface area contributed by atoms with Crippen LogP contribution in [0.1, 0.15) is 55.5 Å². The molecule has 0 amide bonds. The summed E-state index contributed by atoms with van der Waals surface area (Å²) in [7, 11) is 1.43. The number of hydrogen-bond acceptors (Lipinski definition) is 7. The molecule has 2 unspecified atom stereocenters. The largest absolute Gasteiger partial charge is 0.507 e. The molecule has 0 bridgehead atoms. The second-order valence-corrected chi connectivity index (χ2v) is 6.84. The molecule has 2 rings (SSSR count). The maximum absolute atomic E-state index is 12.6. The molecule has 1 heterocycles. The van der Waals surface area contributed by atoms with Crippen molar-refractivity contribution in [2.45, 2.75) is 52.1 Å². The van der Waals surface area contributed by atoms with Crippen LogP contribution in [0.3, 0.4) is 0 Å². The standard InChI is InChI=1S/C20H24O7/c1-11-7-8-16(22)19(24)15(21)6-4-5-13-9-14(26-3)10-17(23)18(13)20(25)27-12(11)2/h9-12,23H,4-8H2,1-3H3. The van der Waals surface area contributed by atoms with Gasteiger partial charge in [0.25, 0.3) is 5.78 Å². The second kappa shape index (κ2) is 8.79. The van der Waals surface area contributed by atoms with Crippen LogP contribution in [-0.2, 0) is 25.5 Å². The van der Waals surface area contributed by atoms with Crippen LogP contribution < -0.4 is 4.74 Å². The fourth-order valence-electron chi connectivity index (χ4n) is 2.97. The first-order valence-corrected chi connectivity index (χ1v) is 8.95. The van der Waals surface area contributed by atoms with Crippen LogP contribution in [0, 0.1) is 5.92 Å². The molecule has 0 radical (unpaired) electrons. The average molecular weight is 376 g/mol. The lowest BCUT2D eigenvalue weighted by Crippen LogP contribution is -2.27. The molecule has 2 atom stereocenters.